The Morgan fingerprint density at radius 3 is 2.52 bits per heavy atom. The number of methoxy groups -OCH3 is 2. The predicted molar refractivity (Wildman–Crippen MR) is 112 cm³/mol. The Hall–Kier alpha value is -3.44. The summed E-state index contributed by atoms with van der Waals surface area (Å²) in [7, 11) is -1.15. The number of ether oxygens (including phenoxy) is 2. The van der Waals surface area contributed by atoms with Crippen molar-refractivity contribution in [3.8, 4) is 22.8 Å². The molecule has 0 aliphatic carbocycles. The standard InChI is InChI=1S/C20H20N4O6S/c1-28-17-8-15-16(9-18(17)29-2)22-11-23-19(15)13-4-3-12-5-6-24(10-14(12)7-13)31(26,27)30-20(21)25/h3-4,7-9,11H,5-6,10H2,1-2H3,(H2,21,25). The van der Waals surface area contributed by atoms with Gasteiger partial charge in [-0.15, -0.1) is 0 Å². The smallest absolute Gasteiger partial charge is 0.421 e. The lowest BCUT2D eigenvalue weighted by Crippen LogP contribution is -2.39. The molecule has 1 aromatic heterocycles. The molecule has 4 rings (SSSR count). The Morgan fingerprint density at radius 1 is 1.06 bits per heavy atom. The van der Waals surface area contributed by atoms with E-state index < -0.39 is 16.4 Å². The molecule has 2 heterocycles. The largest absolute Gasteiger partial charge is 0.493 e. The summed E-state index contributed by atoms with van der Waals surface area (Å²) in [4.78, 5) is 19.7. The van der Waals surface area contributed by atoms with Gasteiger partial charge in [0.2, 0.25) is 0 Å². The highest BCUT2D eigenvalue weighted by molar-refractivity contribution is 7.84. The number of carbonyl (C=O) groups excluding carboxylic acids is 1. The molecule has 31 heavy (non-hydrogen) atoms. The average Bonchev–Trinajstić information content (AvgIpc) is 2.76. The number of hydrogen-bond donors (Lipinski definition) is 1. The molecule has 3 aromatic rings. The Bertz CT molecular complexity index is 1280. The second kappa shape index (κ2) is 8.00. The number of nitrogens with two attached hydrogens (primary N) is 1. The van der Waals surface area contributed by atoms with Crippen LogP contribution in [-0.2, 0) is 27.5 Å². The number of hydrogen-bond acceptors (Lipinski definition) is 8. The summed E-state index contributed by atoms with van der Waals surface area (Å²) < 4.78 is 40.6. The Morgan fingerprint density at radius 2 is 1.81 bits per heavy atom. The fraction of sp³-hybridized carbons (Fsp3) is 0.250. The molecule has 10 nitrogen and oxygen atoms in total. The van der Waals surface area contributed by atoms with E-state index in [2.05, 4.69) is 14.2 Å². The number of carbonyl (C=O) groups is 1. The fourth-order valence-electron chi connectivity index (χ4n) is 3.64. The van der Waals surface area contributed by atoms with E-state index in [0.717, 1.165) is 26.4 Å². The van der Waals surface area contributed by atoms with Crippen LogP contribution in [0.2, 0.25) is 0 Å². The zero-order chi connectivity index (χ0) is 22.2. The highest BCUT2D eigenvalue weighted by Gasteiger charge is 2.30. The van der Waals surface area contributed by atoms with Gasteiger partial charge in [0, 0.05) is 30.1 Å². The number of rotatable bonds is 5. The molecular weight excluding hydrogens is 424 g/mol. The van der Waals surface area contributed by atoms with Crippen molar-refractivity contribution in [3.05, 3.63) is 47.8 Å². The van der Waals surface area contributed by atoms with Crippen molar-refractivity contribution in [1.82, 2.24) is 14.3 Å². The molecule has 0 saturated carbocycles. The molecule has 0 bridgehead atoms. The number of nitrogens with zero attached hydrogens (tertiary/aromatic N) is 3. The summed E-state index contributed by atoms with van der Waals surface area (Å²) in [5.74, 6) is 1.10. The topological polar surface area (TPSA) is 134 Å². The molecule has 1 amide bonds. The molecule has 1 aliphatic heterocycles. The Balaban J connectivity index is 1.76. The molecule has 2 aromatic carbocycles. The van der Waals surface area contributed by atoms with E-state index >= 15 is 0 Å². The lowest BCUT2D eigenvalue weighted by molar-refractivity contribution is 0.205. The maximum absolute atomic E-state index is 12.2. The summed E-state index contributed by atoms with van der Waals surface area (Å²) in [6, 6.07) is 9.33. The molecule has 0 radical (unpaired) electrons. The number of aromatic nitrogens is 2. The number of fused-ring (bicyclic) bond motifs is 2. The summed E-state index contributed by atoms with van der Waals surface area (Å²) in [6.07, 6.45) is 0.573. The van der Waals surface area contributed by atoms with E-state index in [1.807, 2.05) is 18.2 Å². The first-order valence-electron chi connectivity index (χ1n) is 9.30. The van der Waals surface area contributed by atoms with Crippen LogP contribution in [0.25, 0.3) is 22.2 Å². The minimum absolute atomic E-state index is 0.0545. The van der Waals surface area contributed by atoms with E-state index in [-0.39, 0.29) is 13.1 Å². The molecule has 162 valence electrons. The molecule has 1 aliphatic rings. The van der Waals surface area contributed by atoms with Crippen LogP contribution >= 0.6 is 0 Å². The van der Waals surface area contributed by atoms with Gasteiger partial charge in [0.05, 0.1) is 25.4 Å². The highest BCUT2D eigenvalue weighted by atomic mass is 32.2. The molecule has 0 saturated heterocycles. The van der Waals surface area contributed by atoms with E-state index in [9.17, 15) is 13.2 Å². The predicted octanol–water partition coefficient (Wildman–Crippen LogP) is 2.01. The van der Waals surface area contributed by atoms with Crippen molar-refractivity contribution in [1.29, 1.82) is 0 Å². The first-order valence-corrected chi connectivity index (χ1v) is 10.7. The minimum Gasteiger partial charge on any atom is -0.493 e. The second-order valence-electron chi connectivity index (χ2n) is 6.87. The SMILES string of the molecule is COc1cc2ncnc(-c3ccc4c(c3)CN(S(=O)(=O)OC(N)=O)CC4)c2cc1OC. The third kappa shape index (κ3) is 3.97. The van der Waals surface area contributed by atoms with Crippen molar-refractivity contribution in [2.24, 2.45) is 5.73 Å². The lowest BCUT2D eigenvalue weighted by Gasteiger charge is -2.27. The van der Waals surface area contributed by atoms with Crippen LogP contribution < -0.4 is 15.2 Å². The van der Waals surface area contributed by atoms with Crippen molar-refractivity contribution in [2.75, 3.05) is 20.8 Å². The van der Waals surface area contributed by atoms with Crippen LogP contribution in [0, 0.1) is 0 Å². The molecule has 0 unspecified atom stereocenters. The van der Waals surface area contributed by atoms with Gasteiger partial charge in [0.1, 0.15) is 6.33 Å². The summed E-state index contributed by atoms with van der Waals surface area (Å²) >= 11 is 0. The fourth-order valence-corrected chi connectivity index (χ4v) is 4.56. The minimum atomic E-state index is -4.25. The van der Waals surface area contributed by atoms with E-state index in [4.69, 9.17) is 15.2 Å². The number of primary amides is 1. The molecule has 0 fully saturated rings. The third-order valence-electron chi connectivity index (χ3n) is 5.10. The van der Waals surface area contributed by atoms with Crippen LogP contribution in [0.3, 0.4) is 0 Å². The van der Waals surface area contributed by atoms with Gasteiger partial charge in [0.25, 0.3) is 0 Å². The van der Waals surface area contributed by atoms with E-state index in [1.165, 1.54) is 6.33 Å². The van der Waals surface area contributed by atoms with Crippen LogP contribution in [0.4, 0.5) is 4.79 Å². The zero-order valence-corrected chi connectivity index (χ0v) is 17.7. The monoisotopic (exact) mass is 444 g/mol. The molecule has 2 N–H and O–H groups in total. The number of amides is 1. The highest BCUT2D eigenvalue weighted by Crippen LogP contribution is 2.36. The quantitative estimate of drug-likeness (QED) is 0.632. The van der Waals surface area contributed by atoms with Gasteiger partial charge < -0.3 is 19.4 Å². The molecule has 0 atom stereocenters. The van der Waals surface area contributed by atoms with Crippen LogP contribution in [0.15, 0.2) is 36.7 Å². The maximum atomic E-state index is 12.2. The Kier molecular flexibility index (Phi) is 5.38. The van der Waals surface area contributed by atoms with Crippen LogP contribution in [0.1, 0.15) is 11.1 Å². The average molecular weight is 444 g/mol. The van der Waals surface area contributed by atoms with E-state index in [1.54, 1.807) is 26.4 Å². The van der Waals surface area contributed by atoms with Gasteiger partial charge in [-0.1, -0.05) is 12.1 Å². The maximum Gasteiger partial charge on any atom is 0.421 e. The first kappa shape index (κ1) is 20.8. The van der Waals surface area contributed by atoms with Crippen molar-refractivity contribution in [3.63, 3.8) is 0 Å². The third-order valence-corrected chi connectivity index (χ3v) is 6.42. The molecular formula is C20H20N4O6S. The second-order valence-corrected chi connectivity index (χ2v) is 8.41. The number of benzene rings is 2. The molecule has 0 spiro atoms. The normalized spacial score (nSPS) is 14.1. The summed E-state index contributed by atoms with van der Waals surface area (Å²) in [5.41, 5.74) is 8.80. The van der Waals surface area contributed by atoms with E-state index in [0.29, 0.717) is 29.1 Å². The van der Waals surface area contributed by atoms with Gasteiger partial charge >= 0.3 is 16.4 Å². The van der Waals surface area contributed by atoms with Crippen LogP contribution in [0.5, 0.6) is 11.5 Å². The first-order chi connectivity index (χ1) is 14.8. The van der Waals surface area contributed by atoms with Crippen molar-refractivity contribution >= 4 is 27.3 Å². The van der Waals surface area contributed by atoms with Gasteiger partial charge in [-0.2, -0.15) is 12.7 Å². The van der Waals surface area contributed by atoms with Gasteiger partial charge in [-0.3, -0.25) is 0 Å². The van der Waals surface area contributed by atoms with Gasteiger partial charge in [-0.05, 0) is 29.7 Å². The van der Waals surface area contributed by atoms with Gasteiger partial charge in [0.15, 0.2) is 11.5 Å². The van der Waals surface area contributed by atoms with Crippen molar-refractivity contribution < 1.29 is 26.9 Å². The summed E-state index contributed by atoms with van der Waals surface area (Å²) in [6.45, 7) is 0.244. The Labute approximate surface area is 178 Å². The lowest BCUT2D eigenvalue weighted by atomic mass is 9.96. The van der Waals surface area contributed by atoms with Crippen molar-refractivity contribution in [2.45, 2.75) is 13.0 Å². The van der Waals surface area contributed by atoms with Gasteiger partial charge in [-0.25, -0.2) is 14.8 Å². The molecule has 11 heteroatoms. The zero-order valence-electron chi connectivity index (χ0n) is 16.9. The van der Waals surface area contributed by atoms with Crippen LogP contribution in [-0.4, -0.2) is 49.5 Å². The summed E-state index contributed by atoms with van der Waals surface area (Å²) in [5, 5.41) is 0.762.